The molecular formula is C20H24Cl2N4O. The summed E-state index contributed by atoms with van der Waals surface area (Å²) in [4.78, 5) is 12.3. The molecule has 1 saturated carbocycles. The zero-order valence-electron chi connectivity index (χ0n) is 15.2. The van der Waals surface area contributed by atoms with Gasteiger partial charge in [-0.2, -0.15) is 5.21 Å². The lowest BCUT2D eigenvalue weighted by atomic mass is 9.89. The number of Topliss-reactive ketones (excluding diaryl/α,β-unsaturated/α-hetero) is 1. The molecular weight excluding hydrogens is 383 g/mol. The number of nitrogens with one attached hydrogen (secondary N) is 1. The van der Waals surface area contributed by atoms with E-state index >= 15 is 0 Å². The maximum absolute atomic E-state index is 12.3. The van der Waals surface area contributed by atoms with Crippen LogP contribution in [0.15, 0.2) is 24.3 Å². The number of aromatic amines is 1. The standard InChI is InChI=1S/C20H24Cl2N4O/c21-16-11-14(12-17(22)13-16)7-8-15-9-10-19(27)18(15)5-3-1-2-4-6-20-23-25-26-24-20/h7-8,11-13,15,18H,1-6,9-10H2,(H,23,24,25,26)/b8-7+/t15-,18+/m0/s1. The van der Waals surface area contributed by atoms with Gasteiger partial charge in [-0.1, -0.05) is 59.8 Å². The molecule has 0 unspecified atom stereocenters. The molecule has 0 bridgehead atoms. The summed E-state index contributed by atoms with van der Waals surface area (Å²) in [5.41, 5.74) is 0.979. The molecule has 3 rings (SSSR count). The molecule has 7 heteroatoms. The fraction of sp³-hybridized carbons (Fsp3) is 0.500. The fourth-order valence-electron chi connectivity index (χ4n) is 3.74. The number of halogens is 2. The number of benzene rings is 1. The van der Waals surface area contributed by atoms with Crippen LogP contribution in [0, 0.1) is 11.8 Å². The lowest BCUT2D eigenvalue weighted by molar-refractivity contribution is -0.121. The number of tetrazole rings is 1. The van der Waals surface area contributed by atoms with Gasteiger partial charge in [0.1, 0.15) is 5.78 Å². The zero-order valence-corrected chi connectivity index (χ0v) is 16.7. The Bertz CT molecular complexity index is 756. The third-order valence-electron chi connectivity index (χ3n) is 5.13. The fourth-order valence-corrected chi connectivity index (χ4v) is 4.28. The summed E-state index contributed by atoms with van der Waals surface area (Å²) >= 11 is 12.1. The van der Waals surface area contributed by atoms with Gasteiger partial charge in [0.15, 0.2) is 5.82 Å². The first kappa shape index (κ1) is 20.0. The Hall–Kier alpha value is -1.72. The van der Waals surface area contributed by atoms with Crippen LogP contribution in [0.3, 0.4) is 0 Å². The van der Waals surface area contributed by atoms with Crippen molar-refractivity contribution in [2.24, 2.45) is 11.8 Å². The monoisotopic (exact) mass is 406 g/mol. The number of hydrogen-bond donors (Lipinski definition) is 1. The van der Waals surface area contributed by atoms with Crippen LogP contribution >= 0.6 is 23.2 Å². The quantitative estimate of drug-likeness (QED) is 0.572. The Labute approximate surface area is 169 Å². The Morgan fingerprint density at radius 3 is 2.63 bits per heavy atom. The summed E-state index contributed by atoms with van der Waals surface area (Å²) in [5, 5.41) is 15.2. The van der Waals surface area contributed by atoms with Crippen LogP contribution in [-0.2, 0) is 11.2 Å². The number of unbranched alkanes of at least 4 members (excludes halogenated alkanes) is 3. The Kier molecular flexibility index (Phi) is 7.41. The van der Waals surface area contributed by atoms with Crippen LogP contribution in [-0.4, -0.2) is 26.4 Å². The van der Waals surface area contributed by atoms with Gasteiger partial charge in [-0.3, -0.25) is 4.79 Å². The number of ketones is 1. The number of allylic oxidation sites excluding steroid dienone is 1. The summed E-state index contributed by atoms with van der Waals surface area (Å²) in [6.07, 6.45) is 12.0. The number of nitrogens with zero attached hydrogens (tertiary/aromatic N) is 3. The summed E-state index contributed by atoms with van der Waals surface area (Å²) in [6, 6.07) is 5.50. The van der Waals surface area contributed by atoms with Gasteiger partial charge in [0.25, 0.3) is 0 Å². The van der Waals surface area contributed by atoms with Crippen LogP contribution in [0.5, 0.6) is 0 Å². The minimum absolute atomic E-state index is 0.146. The smallest absolute Gasteiger partial charge is 0.174 e. The van der Waals surface area contributed by atoms with Crippen LogP contribution in [0.1, 0.15) is 56.3 Å². The molecule has 0 radical (unpaired) electrons. The van der Waals surface area contributed by atoms with Crippen molar-refractivity contribution in [2.45, 2.75) is 51.4 Å². The second-order valence-electron chi connectivity index (χ2n) is 7.12. The first-order chi connectivity index (χ1) is 13.1. The van der Waals surface area contributed by atoms with E-state index in [1.165, 1.54) is 0 Å². The SMILES string of the molecule is O=C1CC[C@H](/C=C/c2cc(Cl)cc(Cl)c2)[C@H]1CCCCCCc1nn[nH]n1. The van der Waals surface area contributed by atoms with E-state index in [4.69, 9.17) is 23.2 Å². The molecule has 1 aliphatic rings. The van der Waals surface area contributed by atoms with Gasteiger partial charge in [-0.05, 0) is 48.9 Å². The second kappa shape index (κ2) is 10.00. The molecule has 144 valence electrons. The molecule has 2 aromatic rings. The van der Waals surface area contributed by atoms with Crippen LogP contribution in [0.25, 0.3) is 6.08 Å². The number of hydrogen-bond acceptors (Lipinski definition) is 4. The van der Waals surface area contributed by atoms with Crippen LogP contribution < -0.4 is 0 Å². The Morgan fingerprint density at radius 2 is 1.89 bits per heavy atom. The van der Waals surface area contributed by atoms with E-state index in [0.717, 1.165) is 56.3 Å². The first-order valence-corrected chi connectivity index (χ1v) is 10.3. The summed E-state index contributed by atoms with van der Waals surface area (Å²) in [5.74, 6) is 1.63. The van der Waals surface area contributed by atoms with E-state index in [0.29, 0.717) is 28.2 Å². The highest BCUT2D eigenvalue weighted by Gasteiger charge is 2.32. The van der Waals surface area contributed by atoms with E-state index in [1.54, 1.807) is 6.07 Å². The van der Waals surface area contributed by atoms with E-state index in [-0.39, 0.29) is 5.92 Å². The lowest BCUT2D eigenvalue weighted by Gasteiger charge is -2.15. The first-order valence-electron chi connectivity index (χ1n) is 9.51. The molecule has 27 heavy (non-hydrogen) atoms. The molecule has 0 saturated heterocycles. The number of H-pyrrole nitrogens is 1. The van der Waals surface area contributed by atoms with E-state index < -0.39 is 0 Å². The number of carbonyl (C=O) groups excluding carboxylic acids is 1. The largest absolute Gasteiger partial charge is 0.299 e. The van der Waals surface area contributed by atoms with Crippen LogP contribution in [0.2, 0.25) is 10.0 Å². The van der Waals surface area contributed by atoms with Gasteiger partial charge in [-0.25, -0.2) is 0 Å². The average molecular weight is 407 g/mol. The summed E-state index contributed by atoms with van der Waals surface area (Å²) in [6.45, 7) is 0. The number of aryl methyl sites for hydroxylation is 1. The second-order valence-corrected chi connectivity index (χ2v) is 7.99. The van der Waals surface area contributed by atoms with Gasteiger partial charge in [0, 0.05) is 28.8 Å². The highest BCUT2D eigenvalue weighted by atomic mass is 35.5. The van der Waals surface area contributed by atoms with E-state index in [9.17, 15) is 4.79 Å². The molecule has 1 aromatic carbocycles. The van der Waals surface area contributed by atoms with E-state index in [1.807, 2.05) is 18.2 Å². The van der Waals surface area contributed by atoms with Crippen molar-refractivity contribution in [3.63, 3.8) is 0 Å². The minimum Gasteiger partial charge on any atom is -0.299 e. The van der Waals surface area contributed by atoms with Crippen molar-refractivity contribution < 1.29 is 4.79 Å². The molecule has 1 aliphatic carbocycles. The summed E-state index contributed by atoms with van der Waals surface area (Å²) < 4.78 is 0. The third kappa shape index (κ3) is 6.15. The van der Waals surface area contributed by atoms with Crippen molar-refractivity contribution in [2.75, 3.05) is 0 Å². The maximum atomic E-state index is 12.3. The average Bonchev–Trinajstić information content (AvgIpc) is 3.26. The van der Waals surface area contributed by atoms with Crippen molar-refractivity contribution in [1.82, 2.24) is 20.6 Å². The molecule has 1 N–H and O–H groups in total. The van der Waals surface area contributed by atoms with Crippen molar-refractivity contribution in [3.8, 4) is 0 Å². The van der Waals surface area contributed by atoms with Gasteiger partial charge in [0.05, 0.1) is 0 Å². The van der Waals surface area contributed by atoms with Crippen molar-refractivity contribution >= 4 is 35.1 Å². The van der Waals surface area contributed by atoms with Gasteiger partial charge in [-0.15, -0.1) is 10.2 Å². The maximum Gasteiger partial charge on any atom is 0.174 e. The van der Waals surface area contributed by atoms with E-state index in [2.05, 4.69) is 26.7 Å². The zero-order chi connectivity index (χ0) is 19.1. The molecule has 1 fully saturated rings. The van der Waals surface area contributed by atoms with Crippen molar-refractivity contribution in [3.05, 3.63) is 45.7 Å². The topological polar surface area (TPSA) is 71.5 Å². The number of rotatable bonds is 9. The van der Waals surface area contributed by atoms with Gasteiger partial charge < -0.3 is 0 Å². The van der Waals surface area contributed by atoms with Gasteiger partial charge >= 0.3 is 0 Å². The predicted molar refractivity (Wildman–Crippen MR) is 108 cm³/mol. The minimum atomic E-state index is 0.146. The molecule has 0 aliphatic heterocycles. The molecule has 0 amide bonds. The lowest BCUT2D eigenvalue weighted by Crippen LogP contribution is -2.13. The summed E-state index contributed by atoms with van der Waals surface area (Å²) in [7, 11) is 0. The Morgan fingerprint density at radius 1 is 1.11 bits per heavy atom. The molecule has 2 atom stereocenters. The highest BCUT2D eigenvalue weighted by Crippen LogP contribution is 2.34. The van der Waals surface area contributed by atoms with Crippen molar-refractivity contribution in [1.29, 1.82) is 0 Å². The Balaban J connectivity index is 1.44. The molecule has 5 nitrogen and oxygen atoms in total. The molecule has 1 aromatic heterocycles. The number of aromatic nitrogens is 4. The molecule has 0 spiro atoms. The van der Waals surface area contributed by atoms with Gasteiger partial charge in [0.2, 0.25) is 0 Å². The predicted octanol–water partition coefficient (Wildman–Crippen LogP) is 5.31. The molecule has 1 heterocycles. The highest BCUT2D eigenvalue weighted by molar-refractivity contribution is 6.34. The normalized spacial score (nSPS) is 20.0. The van der Waals surface area contributed by atoms with Crippen LogP contribution in [0.4, 0.5) is 0 Å². The number of carbonyl (C=O) groups is 1. The third-order valence-corrected chi connectivity index (χ3v) is 5.57.